The molecule has 152 valence electrons. The van der Waals surface area contributed by atoms with Gasteiger partial charge < -0.3 is 14.8 Å². The average molecular weight is 545 g/mol. The molecule has 0 atom stereocenters. The number of carbonyl (C=O) groups excluding carboxylic acids is 1. The fourth-order valence-corrected chi connectivity index (χ4v) is 3.42. The van der Waals surface area contributed by atoms with Crippen molar-refractivity contribution in [1.29, 1.82) is 5.26 Å². The molecule has 0 heterocycles. The molecule has 0 spiro atoms. The molecule has 29 heavy (non-hydrogen) atoms. The number of nitrogens with one attached hydrogen (secondary N) is 1. The minimum absolute atomic E-state index is 0.0178. The number of nitriles is 1. The lowest BCUT2D eigenvalue weighted by Gasteiger charge is -2.17. The number of carbonyl (C=O) groups is 1. The summed E-state index contributed by atoms with van der Waals surface area (Å²) >= 11 is 14.0. The van der Waals surface area contributed by atoms with E-state index in [1.807, 2.05) is 32.9 Å². The summed E-state index contributed by atoms with van der Waals surface area (Å²) in [5.74, 6) is 0.640. The molecule has 1 N–H and O–H groups in total. The Morgan fingerprint density at radius 3 is 2.59 bits per heavy atom. The van der Waals surface area contributed by atoms with E-state index < -0.39 is 5.91 Å². The first-order chi connectivity index (χ1) is 13.7. The Labute approximate surface area is 193 Å². The Balaban J connectivity index is 2.34. The van der Waals surface area contributed by atoms with Crippen LogP contribution in [-0.2, 0) is 4.79 Å². The number of halogens is 3. The van der Waals surface area contributed by atoms with E-state index in [0.717, 1.165) is 3.57 Å². The van der Waals surface area contributed by atoms with Gasteiger partial charge in [0.1, 0.15) is 11.6 Å². The lowest BCUT2D eigenvalue weighted by atomic mass is 10.1. The van der Waals surface area contributed by atoms with Crippen LogP contribution in [0.3, 0.4) is 0 Å². The van der Waals surface area contributed by atoms with Crippen molar-refractivity contribution in [2.24, 2.45) is 0 Å². The molecule has 0 aliphatic rings. The van der Waals surface area contributed by atoms with Crippen LogP contribution in [0.1, 0.15) is 26.3 Å². The number of nitrogens with zero attached hydrogens (tertiary/aromatic N) is 1. The topological polar surface area (TPSA) is 71.3 Å². The average Bonchev–Trinajstić information content (AvgIpc) is 2.65. The van der Waals surface area contributed by atoms with Gasteiger partial charge in [-0.1, -0.05) is 23.2 Å². The summed E-state index contributed by atoms with van der Waals surface area (Å²) in [6.07, 6.45) is 1.48. The Hall–Kier alpha value is -1.95. The minimum Gasteiger partial charge on any atom is -0.490 e. The van der Waals surface area contributed by atoms with Gasteiger partial charge in [-0.25, -0.2) is 0 Å². The van der Waals surface area contributed by atoms with Gasteiger partial charge in [0.25, 0.3) is 5.91 Å². The molecule has 0 radical (unpaired) electrons. The molecule has 0 fully saturated rings. The van der Waals surface area contributed by atoms with Crippen LogP contribution < -0.4 is 14.8 Å². The summed E-state index contributed by atoms with van der Waals surface area (Å²) < 4.78 is 12.3. The summed E-state index contributed by atoms with van der Waals surface area (Å²) in [6.45, 7) is 6.20. The van der Waals surface area contributed by atoms with Gasteiger partial charge in [-0.15, -0.1) is 0 Å². The van der Waals surface area contributed by atoms with Crippen LogP contribution in [0.2, 0.25) is 10.0 Å². The van der Waals surface area contributed by atoms with Gasteiger partial charge in [-0.2, -0.15) is 5.26 Å². The second-order valence-corrected chi connectivity index (χ2v) is 8.16. The molecular weight excluding hydrogens is 526 g/mol. The first-order valence-electron chi connectivity index (χ1n) is 8.76. The van der Waals surface area contributed by atoms with Crippen LogP contribution in [-0.4, -0.2) is 18.6 Å². The molecule has 1 amide bonds. The smallest absolute Gasteiger partial charge is 0.266 e. The molecule has 0 unspecified atom stereocenters. The molecule has 0 saturated heterocycles. The SMILES string of the molecule is CCOc1cc(/C=C(\C#N)C(=O)Nc2ccc(Cl)c(Cl)c2)cc(I)c1OC(C)C. The van der Waals surface area contributed by atoms with Gasteiger partial charge in [0, 0.05) is 5.69 Å². The number of hydrogen-bond donors (Lipinski definition) is 1. The van der Waals surface area contributed by atoms with Crippen molar-refractivity contribution in [3.63, 3.8) is 0 Å². The van der Waals surface area contributed by atoms with Crippen molar-refractivity contribution in [2.75, 3.05) is 11.9 Å². The Bertz CT molecular complexity index is 985. The third-order valence-corrected chi connectivity index (χ3v) is 5.08. The van der Waals surface area contributed by atoms with Crippen molar-refractivity contribution in [2.45, 2.75) is 26.9 Å². The molecular formula is C21H19Cl2IN2O3. The fourth-order valence-electron chi connectivity index (χ4n) is 2.37. The van der Waals surface area contributed by atoms with Crippen molar-refractivity contribution in [3.05, 3.63) is 55.1 Å². The molecule has 0 saturated carbocycles. The molecule has 0 aromatic heterocycles. The zero-order valence-electron chi connectivity index (χ0n) is 16.1. The van der Waals surface area contributed by atoms with E-state index in [4.69, 9.17) is 32.7 Å². The molecule has 2 aromatic rings. The number of benzene rings is 2. The maximum absolute atomic E-state index is 12.5. The highest BCUT2D eigenvalue weighted by molar-refractivity contribution is 14.1. The minimum atomic E-state index is -0.554. The molecule has 5 nitrogen and oxygen atoms in total. The zero-order chi connectivity index (χ0) is 21.6. The maximum atomic E-state index is 12.5. The molecule has 0 aliphatic heterocycles. The lowest BCUT2D eigenvalue weighted by molar-refractivity contribution is -0.112. The van der Waals surface area contributed by atoms with Crippen LogP contribution >= 0.6 is 45.8 Å². The number of rotatable bonds is 7. The summed E-state index contributed by atoms with van der Waals surface area (Å²) in [5.41, 5.74) is 1.03. The second-order valence-electron chi connectivity index (χ2n) is 6.18. The second kappa shape index (κ2) is 10.7. The fraction of sp³-hybridized carbons (Fsp3) is 0.238. The Kier molecular flexibility index (Phi) is 8.62. The van der Waals surface area contributed by atoms with Gasteiger partial charge in [0.05, 0.1) is 26.3 Å². The monoisotopic (exact) mass is 544 g/mol. The van der Waals surface area contributed by atoms with E-state index in [0.29, 0.717) is 39.4 Å². The molecule has 0 bridgehead atoms. The predicted molar refractivity (Wildman–Crippen MR) is 125 cm³/mol. The first kappa shape index (κ1) is 23.3. The zero-order valence-corrected chi connectivity index (χ0v) is 19.7. The number of amides is 1. The van der Waals surface area contributed by atoms with Crippen LogP contribution in [0.25, 0.3) is 6.08 Å². The lowest BCUT2D eigenvalue weighted by Crippen LogP contribution is -2.13. The van der Waals surface area contributed by atoms with E-state index in [9.17, 15) is 10.1 Å². The summed E-state index contributed by atoms with van der Waals surface area (Å²) in [6, 6.07) is 10.2. The highest BCUT2D eigenvalue weighted by Crippen LogP contribution is 2.35. The third kappa shape index (κ3) is 6.53. The van der Waals surface area contributed by atoms with E-state index in [1.54, 1.807) is 18.2 Å². The molecule has 0 aliphatic carbocycles. The van der Waals surface area contributed by atoms with Gasteiger partial charge in [0.2, 0.25) is 0 Å². The van der Waals surface area contributed by atoms with E-state index in [2.05, 4.69) is 27.9 Å². The van der Waals surface area contributed by atoms with Gasteiger partial charge in [-0.05, 0) is 85.3 Å². The molecule has 2 rings (SSSR count). The van der Waals surface area contributed by atoms with E-state index in [1.165, 1.54) is 12.1 Å². The molecule has 2 aromatic carbocycles. The van der Waals surface area contributed by atoms with Gasteiger partial charge >= 0.3 is 0 Å². The Morgan fingerprint density at radius 2 is 2.00 bits per heavy atom. The van der Waals surface area contributed by atoms with Crippen molar-refractivity contribution in [1.82, 2.24) is 0 Å². The quantitative estimate of drug-likeness (QED) is 0.251. The van der Waals surface area contributed by atoms with E-state index >= 15 is 0 Å². The van der Waals surface area contributed by atoms with Crippen LogP contribution in [0.4, 0.5) is 5.69 Å². The third-order valence-electron chi connectivity index (χ3n) is 3.54. The van der Waals surface area contributed by atoms with Crippen LogP contribution in [0.5, 0.6) is 11.5 Å². The van der Waals surface area contributed by atoms with Crippen molar-refractivity contribution >= 4 is 63.5 Å². The van der Waals surface area contributed by atoms with Crippen LogP contribution in [0, 0.1) is 14.9 Å². The van der Waals surface area contributed by atoms with Crippen LogP contribution in [0.15, 0.2) is 35.9 Å². The highest BCUT2D eigenvalue weighted by Gasteiger charge is 2.15. The first-order valence-corrected chi connectivity index (χ1v) is 10.6. The Morgan fingerprint density at radius 1 is 1.28 bits per heavy atom. The van der Waals surface area contributed by atoms with Gasteiger partial charge in [0.15, 0.2) is 11.5 Å². The number of hydrogen-bond acceptors (Lipinski definition) is 4. The summed E-state index contributed by atoms with van der Waals surface area (Å²) in [5, 5.41) is 12.8. The standard InChI is InChI=1S/C21H19Cl2IN2O3/c1-4-28-19-9-13(8-18(24)20(19)29-12(2)3)7-14(11-25)21(27)26-15-5-6-16(22)17(23)10-15/h5-10,12H,4H2,1-3H3,(H,26,27)/b14-7+. The predicted octanol–water partition coefficient (Wildman–Crippen LogP) is 6.33. The maximum Gasteiger partial charge on any atom is 0.266 e. The number of anilines is 1. The van der Waals surface area contributed by atoms with Crippen molar-refractivity contribution in [3.8, 4) is 17.6 Å². The molecule has 8 heteroatoms. The largest absolute Gasteiger partial charge is 0.490 e. The highest BCUT2D eigenvalue weighted by atomic mass is 127. The summed E-state index contributed by atoms with van der Waals surface area (Å²) in [7, 11) is 0. The van der Waals surface area contributed by atoms with Crippen molar-refractivity contribution < 1.29 is 14.3 Å². The van der Waals surface area contributed by atoms with E-state index in [-0.39, 0.29) is 11.7 Å². The number of ether oxygens (including phenoxy) is 2. The summed E-state index contributed by atoms with van der Waals surface area (Å²) in [4.78, 5) is 12.5. The van der Waals surface area contributed by atoms with Gasteiger partial charge in [-0.3, -0.25) is 4.79 Å². The normalized spacial score (nSPS) is 11.2.